The largest absolute Gasteiger partial charge is 0.396 e. The highest BCUT2D eigenvalue weighted by molar-refractivity contribution is 9.10. The number of aromatic nitrogens is 1. The summed E-state index contributed by atoms with van der Waals surface area (Å²) in [6, 6.07) is 8.50. The summed E-state index contributed by atoms with van der Waals surface area (Å²) in [4.78, 5) is 0. The number of hydrogen-bond donors (Lipinski definition) is 1. The molecule has 1 heterocycles. The molecule has 0 bridgehead atoms. The normalized spacial score (nSPS) is 11.1. The highest BCUT2D eigenvalue weighted by atomic mass is 79.9. The molecular weight excluding hydrogens is 266 g/mol. The molecule has 0 aliphatic carbocycles. The Kier molecular flexibility index (Phi) is 4.02. The van der Waals surface area contributed by atoms with E-state index >= 15 is 0 Å². The highest BCUT2D eigenvalue weighted by Crippen LogP contribution is 2.21. The lowest BCUT2D eigenvalue weighted by atomic mass is 10.2. The highest BCUT2D eigenvalue weighted by Gasteiger charge is 2.01. The summed E-state index contributed by atoms with van der Waals surface area (Å²) in [7, 11) is 0. The van der Waals surface area contributed by atoms with Gasteiger partial charge in [-0.1, -0.05) is 22.0 Å². The van der Waals surface area contributed by atoms with Crippen molar-refractivity contribution in [2.45, 2.75) is 25.8 Å². The number of fused-ring (bicyclic) bond motifs is 1. The Hall–Kier alpha value is -0.800. The average Bonchev–Trinajstić information content (AvgIpc) is 2.67. The summed E-state index contributed by atoms with van der Waals surface area (Å²) < 4.78 is 3.40. The van der Waals surface area contributed by atoms with Crippen LogP contribution in [0.3, 0.4) is 0 Å². The third kappa shape index (κ3) is 2.66. The van der Waals surface area contributed by atoms with Gasteiger partial charge in [-0.2, -0.15) is 0 Å². The van der Waals surface area contributed by atoms with Crippen molar-refractivity contribution in [2.75, 3.05) is 6.61 Å². The van der Waals surface area contributed by atoms with E-state index in [0.717, 1.165) is 30.3 Å². The van der Waals surface area contributed by atoms with Gasteiger partial charge in [-0.25, -0.2) is 0 Å². The van der Waals surface area contributed by atoms with E-state index in [2.05, 4.69) is 51.0 Å². The first-order chi connectivity index (χ1) is 7.81. The molecule has 2 nitrogen and oxygen atoms in total. The summed E-state index contributed by atoms with van der Waals surface area (Å²) in [5.41, 5.74) is 1.28. The Morgan fingerprint density at radius 3 is 2.81 bits per heavy atom. The number of unbranched alkanes of at least 4 members (excludes halogenated alkanes) is 2. The average molecular weight is 282 g/mol. The van der Waals surface area contributed by atoms with Crippen LogP contribution in [0.4, 0.5) is 0 Å². The van der Waals surface area contributed by atoms with Crippen molar-refractivity contribution in [2.24, 2.45) is 0 Å². The predicted molar refractivity (Wildman–Crippen MR) is 70.6 cm³/mol. The van der Waals surface area contributed by atoms with Crippen molar-refractivity contribution >= 4 is 26.8 Å². The number of aryl methyl sites for hydroxylation is 1. The molecule has 0 amide bonds. The number of nitrogens with zero attached hydrogens (tertiary/aromatic N) is 1. The zero-order valence-corrected chi connectivity index (χ0v) is 10.8. The van der Waals surface area contributed by atoms with E-state index < -0.39 is 0 Å². The Morgan fingerprint density at radius 1 is 1.12 bits per heavy atom. The molecule has 0 saturated carbocycles. The zero-order chi connectivity index (χ0) is 11.4. The third-order valence-electron chi connectivity index (χ3n) is 2.79. The number of aliphatic hydroxyl groups excluding tert-OH is 1. The molecule has 1 aromatic carbocycles. The Morgan fingerprint density at radius 2 is 2.00 bits per heavy atom. The van der Waals surface area contributed by atoms with E-state index in [0.29, 0.717) is 6.61 Å². The molecule has 0 atom stereocenters. The van der Waals surface area contributed by atoms with Crippen LogP contribution >= 0.6 is 15.9 Å². The first kappa shape index (κ1) is 11.7. The van der Waals surface area contributed by atoms with Crippen molar-refractivity contribution in [3.05, 3.63) is 34.9 Å². The minimum Gasteiger partial charge on any atom is -0.396 e. The number of halogens is 1. The number of rotatable bonds is 5. The van der Waals surface area contributed by atoms with E-state index in [9.17, 15) is 0 Å². The van der Waals surface area contributed by atoms with E-state index in [-0.39, 0.29) is 0 Å². The van der Waals surface area contributed by atoms with Gasteiger partial charge in [0, 0.05) is 29.3 Å². The van der Waals surface area contributed by atoms with Crippen LogP contribution in [0.15, 0.2) is 34.9 Å². The topological polar surface area (TPSA) is 25.2 Å². The van der Waals surface area contributed by atoms with Gasteiger partial charge >= 0.3 is 0 Å². The Balaban J connectivity index is 2.09. The molecule has 3 heteroatoms. The minimum absolute atomic E-state index is 0.304. The van der Waals surface area contributed by atoms with Gasteiger partial charge < -0.3 is 9.67 Å². The molecule has 86 valence electrons. The number of aliphatic hydroxyl groups is 1. The molecule has 16 heavy (non-hydrogen) atoms. The molecule has 0 fully saturated rings. The molecular formula is C13H16BrNO. The second kappa shape index (κ2) is 5.51. The standard InChI is InChI=1S/C13H16BrNO/c14-12-5-4-11-6-8-15(13(11)10-12)7-2-1-3-9-16/h4-6,8,10,16H,1-3,7,9H2. The smallest absolute Gasteiger partial charge is 0.0491 e. The summed E-state index contributed by atoms with van der Waals surface area (Å²) in [5, 5.41) is 10.0. The van der Waals surface area contributed by atoms with Gasteiger partial charge in [0.05, 0.1) is 0 Å². The van der Waals surface area contributed by atoms with Gasteiger partial charge in [-0.05, 0) is 42.8 Å². The SMILES string of the molecule is OCCCCCn1ccc2ccc(Br)cc21. The molecule has 2 aromatic rings. The first-order valence-electron chi connectivity index (χ1n) is 5.66. The van der Waals surface area contributed by atoms with E-state index in [4.69, 9.17) is 5.11 Å². The quantitative estimate of drug-likeness (QED) is 0.833. The van der Waals surface area contributed by atoms with Crippen LogP contribution in [-0.4, -0.2) is 16.3 Å². The van der Waals surface area contributed by atoms with Crippen molar-refractivity contribution in [3.63, 3.8) is 0 Å². The maximum atomic E-state index is 8.72. The van der Waals surface area contributed by atoms with Gasteiger partial charge in [0.2, 0.25) is 0 Å². The van der Waals surface area contributed by atoms with E-state index in [1.165, 1.54) is 10.9 Å². The second-order valence-corrected chi connectivity index (χ2v) is 4.91. The summed E-state index contributed by atoms with van der Waals surface area (Å²) in [5.74, 6) is 0. The lowest BCUT2D eigenvalue weighted by Crippen LogP contribution is -1.96. The molecule has 0 aliphatic heterocycles. The van der Waals surface area contributed by atoms with E-state index in [1.54, 1.807) is 0 Å². The molecule has 2 rings (SSSR count). The van der Waals surface area contributed by atoms with Crippen molar-refractivity contribution in [1.29, 1.82) is 0 Å². The minimum atomic E-state index is 0.304. The fraction of sp³-hybridized carbons (Fsp3) is 0.385. The molecule has 0 aliphatic rings. The summed E-state index contributed by atoms with van der Waals surface area (Å²) in [6.45, 7) is 1.33. The van der Waals surface area contributed by atoms with Gasteiger partial charge in [-0.15, -0.1) is 0 Å². The van der Waals surface area contributed by atoms with Crippen LogP contribution in [0.2, 0.25) is 0 Å². The van der Waals surface area contributed by atoms with Crippen molar-refractivity contribution < 1.29 is 5.11 Å². The molecule has 0 unspecified atom stereocenters. The lowest BCUT2D eigenvalue weighted by molar-refractivity contribution is 0.282. The van der Waals surface area contributed by atoms with Crippen LogP contribution in [-0.2, 0) is 6.54 Å². The Labute approximate surface area is 104 Å². The molecule has 0 spiro atoms. The fourth-order valence-corrected chi connectivity index (χ4v) is 2.27. The monoisotopic (exact) mass is 281 g/mol. The lowest BCUT2D eigenvalue weighted by Gasteiger charge is -2.05. The second-order valence-electron chi connectivity index (χ2n) is 4.00. The first-order valence-corrected chi connectivity index (χ1v) is 6.46. The fourth-order valence-electron chi connectivity index (χ4n) is 1.92. The van der Waals surface area contributed by atoms with E-state index in [1.807, 2.05) is 0 Å². The van der Waals surface area contributed by atoms with Crippen molar-refractivity contribution in [3.8, 4) is 0 Å². The van der Waals surface area contributed by atoms with Gasteiger partial charge in [0.15, 0.2) is 0 Å². The van der Waals surface area contributed by atoms with Gasteiger partial charge in [0.25, 0.3) is 0 Å². The van der Waals surface area contributed by atoms with Crippen molar-refractivity contribution in [1.82, 2.24) is 4.57 Å². The third-order valence-corrected chi connectivity index (χ3v) is 3.29. The van der Waals surface area contributed by atoms with Crippen LogP contribution < -0.4 is 0 Å². The van der Waals surface area contributed by atoms with Crippen LogP contribution in [0, 0.1) is 0 Å². The Bertz CT molecular complexity index is 464. The molecule has 0 saturated heterocycles. The number of benzene rings is 1. The maximum Gasteiger partial charge on any atom is 0.0491 e. The zero-order valence-electron chi connectivity index (χ0n) is 9.19. The molecule has 0 radical (unpaired) electrons. The van der Waals surface area contributed by atoms with Gasteiger partial charge in [-0.3, -0.25) is 0 Å². The summed E-state index contributed by atoms with van der Waals surface area (Å²) in [6.07, 6.45) is 5.25. The molecule has 1 aromatic heterocycles. The van der Waals surface area contributed by atoms with Gasteiger partial charge in [0.1, 0.15) is 0 Å². The number of hydrogen-bond acceptors (Lipinski definition) is 1. The maximum absolute atomic E-state index is 8.72. The van der Waals surface area contributed by atoms with Crippen LogP contribution in [0.1, 0.15) is 19.3 Å². The van der Waals surface area contributed by atoms with Crippen LogP contribution in [0.5, 0.6) is 0 Å². The van der Waals surface area contributed by atoms with Crippen LogP contribution in [0.25, 0.3) is 10.9 Å². The summed E-state index contributed by atoms with van der Waals surface area (Å²) >= 11 is 3.50. The predicted octanol–water partition coefficient (Wildman–Crippen LogP) is 3.57. The molecule has 1 N–H and O–H groups in total.